The minimum Gasteiger partial charge on any atom is -0.494 e. The number of unbranched alkanes of at least 4 members (excludes halogenated alkanes) is 3. The largest absolute Gasteiger partial charge is 0.494 e. The van der Waals surface area contributed by atoms with E-state index in [-0.39, 0.29) is 0 Å². The van der Waals surface area contributed by atoms with E-state index >= 15 is 0 Å². The van der Waals surface area contributed by atoms with Crippen molar-refractivity contribution in [3.8, 4) is 17.0 Å². The van der Waals surface area contributed by atoms with Crippen LogP contribution in [0.1, 0.15) is 44.5 Å². The molecule has 1 aromatic carbocycles. The van der Waals surface area contributed by atoms with Gasteiger partial charge in [0, 0.05) is 12.0 Å². The smallest absolute Gasteiger partial charge is 0.212 e. The lowest BCUT2D eigenvalue weighted by Gasteiger charge is -2.02. The lowest BCUT2D eigenvalue weighted by Crippen LogP contribution is -1.90. The average Bonchev–Trinajstić information content (AvgIpc) is 3.11. The van der Waals surface area contributed by atoms with Gasteiger partial charge in [-0.05, 0) is 37.6 Å². The summed E-state index contributed by atoms with van der Waals surface area (Å²) in [4.78, 5) is 5.67. The molecule has 2 aromatic heterocycles. The molecule has 5 heteroatoms. The average molecular weight is 329 g/mol. The number of ether oxygens (including phenoxy) is 1. The minimum absolute atomic E-state index is 0.685. The highest BCUT2D eigenvalue weighted by Crippen LogP contribution is 2.25. The molecular formula is C18H23N3OS. The van der Waals surface area contributed by atoms with Crippen molar-refractivity contribution in [1.29, 1.82) is 0 Å². The number of hydrogen-bond donors (Lipinski definition) is 0. The fourth-order valence-corrected chi connectivity index (χ4v) is 3.49. The molecule has 3 rings (SSSR count). The fourth-order valence-electron chi connectivity index (χ4n) is 2.57. The molecule has 0 bridgehead atoms. The van der Waals surface area contributed by atoms with Crippen LogP contribution in [0.3, 0.4) is 0 Å². The molecule has 122 valence electrons. The maximum atomic E-state index is 5.48. The van der Waals surface area contributed by atoms with Crippen LogP contribution in [0.5, 0.6) is 5.75 Å². The van der Waals surface area contributed by atoms with Gasteiger partial charge in [-0.1, -0.05) is 37.5 Å². The monoisotopic (exact) mass is 329 g/mol. The van der Waals surface area contributed by atoms with Gasteiger partial charge in [-0.25, -0.2) is 9.50 Å². The summed E-state index contributed by atoms with van der Waals surface area (Å²) in [7, 11) is 0. The standard InChI is InChI=1S/C18H23N3OS/c1-3-5-6-7-8-17-20-21-13-16(19-18(21)23-17)14-9-11-15(12-10-14)22-4-2/h9-13H,3-8H2,1-2H3. The van der Waals surface area contributed by atoms with E-state index in [2.05, 4.69) is 12.0 Å². The van der Waals surface area contributed by atoms with Crippen molar-refractivity contribution >= 4 is 16.3 Å². The van der Waals surface area contributed by atoms with Gasteiger partial charge in [-0.2, -0.15) is 5.10 Å². The van der Waals surface area contributed by atoms with Crippen molar-refractivity contribution < 1.29 is 4.74 Å². The molecule has 0 saturated heterocycles. The third-order valence-corrected chi connectivity index (χ3v) is 4.77. The van der Waals surface area contributed by atoms with Crippen LogP contribution < -0.4 is 4.74 Å². The topological polar surface area (TPSA) is 39.4 Å². The van der Waals surface area contributed by atoms with E-state index < -0.39 is 0 Å². The van der Waals surface area contributed by atoms with Crippen LogP contribution in [0.25, 0.3) is 16.2 Å². The van der Waals surface area contributed by atoms with E-state index in [1.165, 1.54) is 30.7 Å². The maximum absolute atomic E-state index is 5.48. The van der Waals surface area contributed by atoms with Gasteiger partial charge < -0.3 is 4.74 Å². The number of hydrogen-bond acceptors (Lipinski definition) is 4. The molecule has 0 aliphatic carbocycles. The lowest BCUT2D eigenvalue weighted by molar-refractivity contribution is 0.340. The summed E-state index contributed by atoms with van der Waals surface area (Å²) in [6, 6.07) is 8.06. The number of aryl methyl sites for hydroxylation is 1. The van der Waals surface area contributed by atoms with Crippen molar-refractivity contribution in [3.63, 3.8) is 0 Å². The molecule has 0 N–H and O–H groups in total. The number of nitrogens with zero attached hydrogens (tertiary/aromatic N) is 3. The first-order valence-corrected chi connectivity index (χ1v) is 9.20. The summed E-state index contributed by atoms with van der Waals surface area (Å²) in [6.45, 7) is 4.91. The molecule has 0 aliphatic rings. The Labute approximate surface area is 141 Å². The van der Waals surface area contributed by atoms with Gasteiger partial charge >= 0.3 is 0 Å². The quantitative estimate of drug-likeness (QED) is 0.547. The summed E-state index contributed by atoms with van der Waals surface area (Å²) in [5.74, 6) is 0.893. The maximum Gasteiger partial charge on any atom is 0.212 e. The summed E-state index contributed by atoms with van der Waals surface area (Å²) < 4.78 is 7.38. The van der Waals surface area contributed by atoms with Crippen molar-refractivity contribution in [2.45, 2.75) is 46.0 Å². The molecular weight excluding hydrogens is 306 g/mol. The van der Waals surface area contributed by atoms with Gasteiger partial charge in [0.1, 0.15) is 10.8 Å². The molecule has 23 heavy (non-hydrogen) atoms. The molecule has 0 saturated carbocycles. The Bertz CT molecular complexity index is 714. The summed E-state index contributed by atoms with van der Waals surface area (Å²) in [5, 5.41) is 5.83. The second-order valence-corrected chi connectivity index (χ2v) is 6.66. The van der Waals surface area contributed by atoms with Crippen LogP contribution in [-0.2, 0) is 6.42 Å². The van der Waals surface area contributed by atoms with Crippen molar-refractivity contribution in [2.24, 2.45) is 0 Å². The third-order valence-electron chi connectivity index (χ3n) is 3.79. The SMILES string of the molecule is CCCCCCc1nn2cc(-c3ccc(OCC)cc3)nc2s1. The van der Waals surface area contributed by atoms with E-state index in [9.17, 15) is 0 Å². The number of fused-ring (bicyclic) bond motifs is 1. The zero-order chi connectivity index (χ0) is 16.1. The van der Waals surface area contributed by atoms with Crippen LogP contribution in [0.15, 0.2) is 30.5 Å². The summed E-state index contributed by atoms with van der Waals surface area (Å²) >= 11 is 1.70. The van der Waals surface area contributed by atoms with Crippen molar-refractivity contribution in [1.82, 2.24) is 14.6 Å². The highest BCUT2D eigenvalue weighted by Gasteiger charge is 2.09. The van der Waals surface area contributed by atoms with E-state index in [0.717, 1.165) is 28.4 Å². The Morgan fingerprint density at radius 2 is 1.91 bits per heavy atom. The fraction of sp³-hybridized carbons (Fsp3) is 0.444. The number of benzene rings is 1. The highest BCUT2D eigenvalue weighted by molar-refractivity contribution is 7.16. The Kier molecular flexibility index (Phi) is 5.28. The first kappa shape index (κ1) is 16.0. The molecule has 0 fully saturated rings. The van der Waals surface area contributed by atoms with Gasteiger partial charge in [0.15, 0.2) is 0 Å². The first-order valence-electron chi connectivity index (χ1n) is 8.38. The van der Waals surface area contributed by atoms with Crippen LogP contribution in [0.4, 0.5) is 0 Å². The highest BCUT2D eigenvalue weighted by atomic mass is 32.1. The van der Waals surface area contributed by atoms with Crippen molar-refractivity contribution in [3.05, 3.63) is 35.5 Å². The molecule has 3 aromatic rings. The molecule has 0 unspecified atom stereocenters. The molecule has 0 radical (unpaired) electrons. The van der Waals surface area contributed by atoms with Gasteiger partial charge in [0.2, 0.25) is 4.96 Å². The number of imidazole rings is 1. The Hall–Kier alpha value is -1.88. The molecule has 2 heterocycles. The zero-order valence-corrected chi connectivity index (χ0v) is 14.6. The Morgan fingerprint density at radius 3 is 2.61 bits per heavy atom. The summed E-state index contributed by atoms with van der Waals surface area (Å²) in [6.07, 6.45) is 8.16. The number of aromatic nitrogens is 3. The van der Waals surface area contributed by atoms with Gasteiger partial charge in [-0.3, -0.25) is 0 Å². The predicted octanol–water partition coefficient (Wildman–Crippen LogP) is 4.98. The van der Waals surface area contributed by atoms with E-state index in [0.29, 0.717) is 6.61 Å². The third kappa shape index (κ3) is 3.91. The van der Waals surface area contributed by atoms with Crippen LogP contribution in [-0.4, -0.2) is 21.2 Å². The Balaban J connectivity index is 1.69. The van der Waals surface area contributed by atoms with Crippen molar-refractivity contribution in [2.75, 3.05) is 6.61 Å². The lowest BCUT2D eigenvalue weighted by atomic mass is 10.2. The Morgan fingerprint density at radius 1 is 1.09 bits per heavy atom. The molecule has 0 spiro atoms. The summed E-state index contributed by atoms with van der Waals surface area (Å²) in [5.41, 5.74) is 2.06. The first-order chi connectivity index (χ1) is 11.3. The predicted molar refractivity (Wildman–Crippen MR) is 95.3 cm³/mol. The molecule has 4 nitrogen and oxygen atoms in total. The number of rotatable bonds is 8. The van der Waals surface area contributed by atoms with E-state index in [4.69, 9.17) is 9.72 Å². The van der Waals surface area contributed by atoms with Crippen LogP contribution in [0.2, 0.25) is 0 Å². The van der Waals surface area contributed by atoms with Gasteiger partial charge in [0.05, 0.1) is 18.5 Å². The molecule has 0 aliphatic heterocycles. The van der Waals surface area contributed by atoms with Gasteiger partial charge in [0.25, 0.3) is 0 Å². The second-order valence-electron chi connectivity index (χ2n) is 5.62. The normalized spacial score (nSPS) is 11.2. The van der Waals surface area contributed by atoms with E-state index in [1.54, 1.807) is 11.3 Å². The minimum atomic E-state index is 0.685. The zero-order valence-electron chi connectivity index (χ0n) is 13.8. The van der Waals surface area contributed by atoms with Gasteiger partial charge in [-0.15, -0.1) is 0 Å². The van der Waals surface area contributed by atoms with Crippen LogP contribution >= 0.6 is 11.3 Å². The molecule has 0 amide bonds. The second kappa shape index (κ2) is 7.59. The van der Waals surface area contributed by atoms with Crippen LogP contribution in [0, 0.1) is 0 Å². The van der Waals surface area contributed by atoms with E-state index in [1.807, 2.05) is 41.9 Å². The molecule has 0 atom stereocenters.